The van der Waals surface area contributed by atoms with E-state index in [9.17, 15) is 4.79 Å². The molecule has 4 nitrogen and oxygen atoms in total. The minimum atomic E-state index is -0.239. The molecule has 0 aliphatic heterocycles. The van der Waals surface area contributed by atoms with Crippen molar-refractivity contribution < 1.29 is 19.4 Å². The lowest BCUT2D eigenvalue weighted by atomic mass is 10.1. The third-order valence-electron chi connectivity index (χ3n) is 5.19. The van der Waals surface area contributed by atoms with Gasteiger partial charge in [-0.3, -0.25) is 4.79 Å². The molecule has 0 saturated heterocycles. The van der Waals surface area contributed by atoms with Crippen molar-refractivity contribution in [3.63, 3.8) is 0 Å². The molecule has 1 unspecified atom stereocenters. The molecule has 0 aromatic heterocycles. The van der Waals surface area contributed by atoms with E-state index in [-0.39, 0.29) is 17.8 Å². The number of carbonyl (C=O) groups excluding carboxylic acids is 1. The van der Waals surface area contributed by atoms with Gasteiger partial charge in [-0.1, -0.05) is 66.7 Å². The van der Waals surface area contributed by atoms with Gasteiger partial charge in [0.05, 0.1) is 7.11 Å². The van der Waals surface area contributed by atoms with Crippen LogP contribution in [0.4, 0.5) is 0 Å². The number of methoxy groups -OCH3 is 1. The molecule has 0 heterocycles. The van der Waals surface area contributed by atoms with E-state index >= 15 is 0 Å². The van der Waals surface area contributed by atoms with Crippen molar-refractivity contribution in [1.82, 2.24) is 0 Å². The summed E-state index contributed by atoms with van der Waals surface area (Å²) in [6, 6.07) is 26.3. The van der Waals surface area contributed by atoms with Crippen LogP contribution in [0.2, 0.25) is 0 Å². The summed E-state index contributed by atoms with van der Waals surface area (Å²) >= 11 is 1.62. The van der Waals surface area contributed by atoms with Crippen LogP contribution in [0.1, 0.15) is 22.3 Å². The fourth-order valence-electron chi connectivity index (χ4n) is 3.34. The molecule has 0 aliphatic rings. The molecule has 0 aliphatic carbocycles. The van der Waals surface area contributed by atoms with Crippen LogP contribution in [-0.4, -0.2) is 35.8 Å². The molecule has 0 amide bonds. The molecule has 3 aromatic rings. The van der Waals surface area contributed by atoms with Gasteiger partial charge in [-0.2, -0.15) is 0 Å². The minimum absolute atomic E-state index is 0.139. The van der Waals surface area contributed by atoms with Gasteiger partial charge in [0.25, 0.3) is 0 Å². The lowest BCUT2D eigenvalue weighted by Gasteiger charge is -2.15. The number of esters is 1. The minimum Gasteiger partial charge on any atom is -0.489 e. The van der Waals surface area contributed by atoms with Crippen LogP contribution in [0.3, 0.4) is 0 Å². The lowest BCUT2D eigenvalue weighted by molar-refractivity contribution is -0.139. The average Bonchev–Trinajstić information content (AvgIpc) is 2.84. The molecule has 5 heteroatoms. The van der Waals surface area contributed by atoms with E-state index in [2.05, 4.69) is 12.1 Å². The first-order chi connectivity index (χ1) is 15.7. The van der Waals surface area contributed by atoms with Crippen molar-refractivity contribution in [3.8, 4) is 5.75 Å². The normalized spacial score (nSPS) is 11.7. The maximum Gasteiger partial charge on any atom is 0.319 e. The summed E-state index contributed by atoms with van der Waals surface area (Å²) in [5.41, 5.74) is 4.54. The topological polar surface area (TPSA) is 55.8 Å². The number of carbonyl (C=O) groups is 1. The van der Waals surface area contributed by atoms with Gasteiger partial charge in [-0.15, -0.1) is 11.8 Å². The molecular weight excluding hydrogens is 420 g/mol. The van der Waals surface area contributed by atoms with Gasteiger partial charge in [0, 0.05) is 6.61 Å². The largest absolute Gasteiger partial charge is 0.489 e. The summed E-state index contributed by atoms with van der Waals surface area (Å²) in [6.45, 7) is 0.692. The molecule has 1 N–H and O–H groups in total. The Hall–Kier alpha value is -2.76. The third-order valence-corrected chi connectivity index (χ3v) is 6.39. The summed E-state index contributed by atoms with van der Waals surface area (Å²) < 4.78 is 10.9. The van der Waals surface area contributed by atoms with Crippen molar-refractivity contribution in [2.75, 3.05) is 19.5 Å². The van der Waals surface area contributed by atoms with Gasteiger partial charge < -0.3 is 14.6 Å². The van der Waals surface area contributed by atoms with Crippen molar-refractivity contribution in [2.45, 2.75) is 31.1 Å². The number of rotatable bonds is 12. The quantitative estimate of drug-likeness (QED) is 0.400. The first-order valence-corrected chi connectivity index (χ1v) is 11.9. The zero-order valence-electron chi connectivity index (χ0n) is 18.4. The maximum absolute atomic E-state index is 12.3. The van der Waals surface area contributed by atoms with E-state index in [4.69, 9.17) is 14.6 Å². The number of hydrogen-bond donors (Lipinski definition) is 1. The van der Waals surface area contributed by atoms with Crippen molar-refractivity contribution in [1.29, 1.82) is 0 Å². The molecule has 1 atom stereocenters. The highest BCUT2D eigenvalue weighted by Crippen LogP contribution is 2.21. The summed E-state index contributed by atoms with van der Waals surface area (Å²) in [5.74, 6) is 1.48. The second kappa shape index (κ2) is 12.9. The first kappa shape index (κ1) is 23.9. The van der Waals surface area contributed by atoms with Crippen LogP contribution in [0, 0.1) is 0 Å². The van der Waals surface area contributed by atoms with Crippen molar-refractivity contribution >= 4 is 17.7 Å². The number of aliphatic hydroxyl groups excluding tert-OH is 1. The molecule has 3 rings (SSSR count). The Morgan fingerprint density at radius 2 is 1.47 bits per heavy atom. The lowest BCUT2D eigenvalue weighted by Crippen LogP contribution is -2.22. The van der Waals surface area contributed by atoms with Crippen LogP contribution in [0.15, 0.2) is 78.9 Å². The predicted octanol–water partition coefficient (Wildman–Crippen LogP) is 4.86. The number of ether oxygens (including phenoxy) is 2. The molecule has 3 aromatic carbocycles. The molecular formula is C27H30O4S. The van der Waals surface area contributed by atoms with Gasteiger partial charge in [-0.05, 0) is 59.4 Å². The highest BCUT2D eigenvalue weighted by Gasteiger charge is 2.20. The molecule has 0 spiro atoms. The number of thioether (sulfide) groups is 1. The fraction of sp³-hybridized carbons (Fsp3) is 0.296. The standard InChI is InChI=1S/C27H30O4S/c1-30-27(29)26(19-23-9-7-21(8-10-23)15-17-28)32-18-16-22-11-13-25(14-12-22)31-20-24-5-3-2-4-6-24/h2-14,26,28H,15-20H2,1H3. The summed E-state index contributed by atoms with van der Waals surface area (Å²) in [6.07, 6.45) is 2.14. The van der Waals surface area contributed by atoms with E-state index in [1.807, 2.05) is 66.7 Å². The number of benzene rings is 3. The Bertz CT molecular complexity index is 940. The Labute approximate surface area is 194 Å². The molecule has 0 fully saturated rings. The summed E-state index contributed by atoms with van der Waals surface area (Å²) in [4.78, 5) is 12.3. The molecule has 0 radical (unpaired) electrons. The smallest absolute Gasteiger partial charge is 0.319 e. The van der Waals surface area contributed by atoms with E-state index in [0.717, 1.165) is 34.6 Å². The van der Waals surface area contributed by atoms with Crippen LogP contribution in [0.25, 0.3) is 0 Å². The first-order valence-electron chi connectivity index (χ1n) is 10.8. The fourth-order valence-corrected chi connectivity index (χ4v) is 4.52. The molecule has 168 valence electrons. The Morgan fingerprint density at radius 1 is 0.844 bits per heavy atom. The number of hydrogen-bond acceptors (Lipinski definition) is 5. The zero-order chi connectivity index (χ0) is 22.6. The van der Waals surface area contributed by atoms with E-state index in [1.165, 1.54) is 12.7 Å². The SMILES string of the molecule is COC(=O)C(Cc1ccc(CCO)cc1)SCCc1ccc(OCc2ccccc2)cc1. The van der Waals surface area contributed by atoms with E-state index in [1.54, 1.807) is 11.8 Å². The number of aryl methyl sites for hydroxylation is 1. The molecule has 0 bridgehead atoms. The number of aliphatic hydroxyl groups is 1. The van der Waals surface area contributed by atoms with Crippen LogP contribution in [0.5, 0.6) is 5.75 Å². The average molecular weight is 451 g/mol. The van der Waals surface area contributed by atoms with Crippen molar-refractivity contribution in [3.05, 3.63) is 101 Å². The molecule has 32 heavy (non-hydrogen) atoms. The van der Waals surface area contributed by atoms with Crippen LogP contribution in [-0.2, 0) is 35.4 Å². The summed E-state index contributed by atoms with van der Waals surface area (Å²) in [5, 5.41) is 8.81. The van der Waals surface area contributed by atoms with Gasteiger partial charge in [0.1, 0.15) is 17.6 Å². The monoisotopic (exact) mass is 450 g/mol. The Morgan fingerprint density at radius 3 is 2.12 bits per heavy atom. The maximum atomic E-state index is 12.3. The second-order valence-electron chi connectivity index (χ2n) is 7.55. The van der Waals surface area contributed by atoms with Gasteiger partial charge >= 0.3 is 5.97 Å². The van der Waals surface area contributed by atoms with Gasteiger partial charge in [0.2, 0.25) is 0 Å². The van der Waals surface area contributed by atoms with Crippen LogP contribution >= 0.6 is 11.8 Å². The Balaban J connectivity index is 1.48. The van der Waals surface area contributed by atoms with Crippen molar-refractivity contribution in [2.24, 2.45) is 0 Å². The summed E-state index contributed by atoms with van der Waals surface area (Å²) in [7, 11) is 1.44. The zero-order valence-corrected chi connectivity index (χ0v) is 19.2. The van der Waals surface area contributed by atoms with Gasteiger partial charge in [0.15, 0.2) is 0 Å². The van der Waals surface area contributed by atoms with Gasteiger partial charge in [-0.25, -0.2) is 0 Å². The predicted molar refractivity (Wildman–Crippen MR) is 130 cm³/mol. The second-order valence-corrected chi connectivity index (χ2v) is 8.86. The highest BCUT2D eigenvalue weighted by molar-refractivity contribution is 8.00. The van der Waals surface area contributed by atoms with E-state index in [0.29, 0.717) is 19.4 Å². The highest BCUT2D eigenvalue weighted by atomic mass is 32.2. The van der Waals surface area contributed by atoms with Crippen LogP contribution < -0.4 is 4.74 Å². The third kappa shape index (κ3) is 7.74. The Kier molecular flexibility index (Phi) is 9.66. The van der Waals surface area contributed by atoms with E-state index < -0.39 is 0 Å². The molecule has 0 saturated carbocycles.